The third-order valence-corrected chi connectivity index (χ3v) is 5.02. The van der Waals surface area contributed by atoms with Gasteiger partial charge >= 0.3 is 0 Å². The van der Waals surface area contributed by atoms with Crippen LogP contribution in [0.5, 0.6) is 0 Å². The SMILES string of the molecule is CC(C)C1(CNCCCC2CCNCC2)CC1. The molecular weight excluding hydrogens is 208 g/mol. The van der Waals surface area contributed by atoms with Crippen molar-refractivity contribution in [1.29, 1.82) is 0 Å². The average Bonchev–Trinajstić information content (AvgIpc) is 3.11. The van der Waals surface area contributed by atoms with Crippen molar-refractivity contribution in [3.63, 3.8) is 0 Å². The molecule has 0 unspecified atom stereocenters. The molecule has 0 aromatic carbocycles. The number of rotatable bonds is 7. The molecule has 0 spiro atoms. The van der Waals surface area contributed by atoms with E-state index >= 15 is 0 Å². The maximum Gasteiger partial charge on any atom is 0.00103 e. The zero-order valence-corrected chi connectivity index (χ0v) is 11.7. The maximum absolute atomic E-state index is 3.69. The summed E-state index contributed by atoms with van der Waals surface area (Å²) in [6.45, 7) is 9.74. The van der Waals surface area contributed by atoms with E-state index in [2.05, 4.69) is 24.5 Å². The van der Waals surface area contributed by atoms with Crippen LogP contribution in [0.4, 0.5) is 0 Å². The lowest BCUT2D eigenvalue weighted by atomic mass is 9.92. The average molecular weight is 238 g/mol. The topological polar surface area (TPSA) is 24.1 Å². The Morgan fingerprint density at radius 3 is 2.53 bits per heavy atom. The molecule has 1 saturated carbocycles. The van der Waals surface area contributed by atoms with Gasteiger partial charge in [0.2, 0.25) is 0 Å². The highest BCUT2D eigenvalue weighted by Gasteiger charge is 2.44. The van der Waals surface area contributed by atoms with Crippen molar-refractivity contribution in [2.75, 3.05) is 26.2 Å². The van der Waals surface area contributed by atoms with E-state index in [-0.39, 0.29) is 0 Å². The zero-order chi connectivity index (χ0) is 12.1. The molecule has 2 fully saturated rings. The van der Waals surface area contributed by atoms with Crippen LogP contribution in [0.25, 0.3) is 0 Å². The Bertz CT molecular complexity index is 215. The van der Waals surface area contributed by atoms with Crippen LogP contribution in [0, 0.1) is 17.3 Å². The molecule has 100 valence electrons. The minimum atomic E-state index is 0.675. The lowest BCUT2D eigenvalue weighted by molar-refractivity contribution is 0.322. The summed E-state index contributed by atoms with van der Waals surface area (Å²) >= 11 is 0. The summed E-state index contributed by atoms with van der Waals surface area (Å²) in [6.07, 6.45) is 8.51. The van der Waals surface area contributed by atoms with Crippen molar-refractivity contribution in [3.8, 4) is 0 Å². The predicted octanol–water partition coefficient (Wildman–Crippen LogP) is 2.79. The van der Waals surface area contributed by atoms with Crippen LogP contribution in [0.2, 0.25) is 0 Å². The number of nitrogens with one attached hydrogen (secondary N) is 2. The monoisotopic (exact) mass is 238 g/mol. The van der Waals surface area contributed by atoms with Gasteiger partial charge in [-0.1, -0.05) is 13.8 Å². The third kappa shape index (κ3) is 3.96. The van der Waals surface area contributed by atoms with Crippen molar-refractivity contribution >= 4 is 0 Å². The first kappa shape index (κ1) is 13.4. The maximum atomic E-state index is 3.69. The summed E-state index contributed by atoms with van der Waals surface area (Å²) in [4.78, 5) is 0. The Morgan fingerprint density at radius 1 is 1.24 bits per heavy atom. The van der Waals surface area contributed by atoms with Gasteiger partial charge in [0.1, 0.15) is 0 Å². The van der Waals surface area contributed by atoms with Crippen molar-refractivity contribution < 1.29 is 0 Å². The van der Waals surface area contributed by atoms with Crippen LogP contribution in [-0.2, 0) is 0 Å². The van der Waals surface area contributed by atoms with Gasteiger partial charge in [-0.2, -0.15) is 0 Å². The van der Waals surface area contributed by atoms with Gasteiger partial charge in [0.25, 0.3) is 0 Å². The number of hydrogen-bond acceptors (Lipinski definition) is 2. The van der Waals surface area contributed by atoms with Gasteiger partial charge < -0.3 is 10.6 Å². The van der Waals surface area contributed by atoms with E-state index in [1.54, 1.807) is 0 Å². The van der Waals surface area contributed by atoms with Gasteiger partial charge in [-0.3, -0.25) is 0 Å². The van der Waals surface area contributed by atoms with Crippen molar-refractivity contribution in [2.45, 2.75) is 52.4 Å². The Morgan fingerprint density at radius 2 is 1.94 bits per heavy atom. The second kappa shape index (κ2) is 6.19. The molecule has 0 bridgehead atoms. The molecule has 17 heavy (non-hydrogen) atoms. The van der Waals surface area contributed by atoms with Gasteiger partial charge in [-0.05, 0) is 75.4 Å². The molecule has 0 aromatic heterocycles. The van der Waals surface area contributed by atoms with E-state index in [1.807, 2.05) is 0 Å². The van der Waals surface area contributed by atoms with Crippen LogP contribution in [0.1, 0.15) is 52.4 Å². The third-order valence-electron chi connectivity index (χ3n) is 5.02. The largest absolute Gasteiger partial charge is 0.317 e. The van der Waals surface area contributed by atoms with Crippen molar-refractivity contribution in [1.82, 2.24) is 10.6 Å². The first-order valence-corrected chi connectivity index (χ1v) is 7.64. The van der Waals surface area contributed by atoms with Crippen LogP contribution in [0.3, 0.4) is 0 Å². The van der Waals surface area contributed by atoms with Gasteiger partial charge in [-0.25, -0.2) is 0 Å². The van der Waals surface area contributed by atoms with Crippen LogP contribution >= 0.6 is 0 Å². The lowest BCUT2D eigenvalue weighted by Crippen LogP contribution is -2.30. The van der Waals surface area contributed by atoms with Crippen molar-refractivity contribution in [2.24, 2.45) is 17.3 Å². The van der Waals surface area contributed by atoms with Crippen LogP contribution in [-0.4, -0.2) is 26.2 Å². The summed E-state index contributed by atoms with van der Waals surface area (Å²) in [5, 5.41) is 7.13. The van der Waals surface area contributed by atoms with E-state index in [1.165, 1.54) is 64.7 Å². The summed E-state index contributed by atoms with van der Waals surface area (Å²) < 4.78 is 0. The number of hydrogen-bond donors (Lipinski definition) is 2. The molecule has 2 rings (SSSR count). The molecule has 0 amide bonds. The van der Waals surface area contributed by atoms with Crippen LogP contribution < -0.4 is 10.6 Å². The highest BCUT2D eigenvalue weighted by Crippen LogP contribution is 2.51. The Kier molecular flexibility index (Phi) is 4.87. The van der Waals surface area contributed by atoms with Crippen LogP contribution in [0.15, 0.2) is 0 Å². The molecule has 2 nitrogen and oxygen atoms in total. The minimum Gasteiger partial charge on any atom is -0.317 e. The van der Waals surface area contributed by atoms with E-state index in [4.69, 9.17) is 0 Å². The Balaban J connectivity index is 1.49. The fourth-order valence-electron chi connectivity index (χ4n) is 3.14. The fourth-order valence-corrected chi connectivity index (χ4v) is 3.14. The molecule has 0 aromatic rings. The Labute approximate surface area is 107 Å². The number of piperidine rings is 1. The summed E-state index contributed by atoms with van der Waals surface area (Å²) in [5.41, 5.74) is 0.675. The molecular formula is C15H30N2. The molecule has 1 heterocycles. The summed E-state index contributed by atoms with van der Waals surface area (Å²) in [6, 6.07) is 0. The van der Waals surface area contributed by atoms with E-state index in [0.29, 0.717) is 5.41 Å². The smallest absolute Gasteiger partial charge is 0.00103 e. The molecule has 1 saturated heterocycles. The van der Waals surface area contributed by atoms with Gasteiger partial charge in [0, 0.05) is 6.54 Å². The summed E-state index contributed by atoms with van der Waals surface area (Å²) in [5.74, 6) is 1.86. The molecule has 2 heteroatoms. The molecule has 0 radical (unpaired) electrons. The van der Waals surface area contributed by atoms with Gasteiger partial charge in [0.15, 0.2) is 0 Å². The summed E-state index contributed by atoms with van der Waals surface area (Å²) in [7, 11) is 0. The minimum absolute atomic E-state index is 0.675. The Hall–Kier alpha value is -0.0800. The predicted molar refractivity (Wildman–Crippen MR) is 74.2 cm³/mol. The second-order valence-corrected chi connectivity index (χ2v) is 6.53. The first-order valence-electron chi connectivity index (χ1n) is 7.64. The zero-order valence-electron chi connectivity index (χ0n) is 11.7. The quantitative estimate of drug-likeness (QED) is 0.667. The fraction of sp³-hybridized carbons (Fsp3) is 1.00. The normalized spacial score (nSPS) is 24.2. The van der Waals surface area contributed by atoms with Gasteiger partial charge in [-0.15, -0.1) is 0 Å². The highest BCUT2D eigenvalue weighted by molar-refractivity contribution is 4.96. The van der Waals surface area contributed by atoms with E-state index in [0.717, 1.165) is 11.8 Å². The van der Waals surface area contributed by atoms with E-state index in [9.17, 15) is 0 Å². The van der Waals surface area contributed by atoms with E-state index < -0.39 is 0 Å². The molecule has 1 aliphatic heterocycles. The van der Waals surface area contributed by atoms with Gasteiger partial charge in [0.05, 0.1) is 0 Å². The molecule has 2 aliphatic rings. The molecule has 1 aliphatic carbocycles. The molecule has 2 N–H and O–H groups in total. The second-order valence-electron chi connectivity index (χ2n) is 6.53. The molecule has 0 atom stereocenters. The standard InChI is InChI=1S/C15H30N2/c1-13(2)15(7-8-15)12-17-9-3-4-14-5-10-16-11-6-14/h13-14,16-17H,3-12H2,1-2H3. The lowest BCUT2D eigenvalue weighted by Gasteiger charge is -2.23. The first-order chi connectivity index (χ1) is 8.23. The van der Waals surface area contributed by atoms with Crippen molar-refractivity contribution in [3.05, 3.63) is 0 Å². The highest BCUT2D eigenvalue weighted by atomic mass is 14.9.